The van der Waals surface area contributed by atoms with Crippen LogP contribution in [0.1, 0.15) is 44.9 Å². The predicted octanol–water partition coefficient (Wildman–Crippen LogP) is 5.26. The highest BCUT2D eigenvalue weighted by molar-refractivity contribution is 7.07. The van der Waals surface area contributed by atoms with Gasteiger partial charge >= 0.3 is 0 Å². The Balaban J connectivity index is 2.01. The molecule has 138 valence electrons. The van der Waals surface area contributed by atoms with Gasteiger partial charge in [0.15, 0.2) is 0 Å². The van der Waals surface area contributed by atoms with E-state index in [1.807, 2.05) is 22.9 Å². The predicted molar refractivity (Wildman–Crippen MR) is 110 cm³/mol. The van der Waals surface area contributed by atoms with Gasteiger partial charge in [0.05, 0.1) is 19.3 Å². The molecule has 0 bridgehead atoms. The summed E-state index contributed by atoms with van der Waals surface area (Å²) in [7, 11) is 1.69. The topological polar surface area (TPSA) is 38.9 Å². The minimum Gasteiger partial charge on any atom is -0.497 e. The number of thiazole rings is 1. The van der Waals surface area contributed by atoms with E-state index in [-0.39, 0.29) is 0 Å². The first-order chi connectivity index (χ1) is 12.8. The Morgan fingerprint density at radius 3 is 2.46 bits per heavy atom. The van der Waals surface area contributed by atoms with Crippen LogP contribution < -0.4 is 9.54 Å². The highest BCUT2D eigenvalue weighted by Crippen LogP contribution is 2.24. The van der Waals surface area contributed by atoms with E-state index < -0.39 is 0 Å². The number of benzene rings is 1. The van der Waals surface area contributed by atoms with Gasteiger partial charge in [-0.05, 0) is 49.9 Å². The molecule has 1 aliphatic rings. The van der Waals surface area contributed by atoms with Crippen LogP contribution in [-0.2, 0) is 0 Å². The molecule has 1 aliphatic carbocycles. The highest BCUT2D eigenvalue weighted by Gasteiger charge is 2.11. The van der Waals surface area contributed by atoms with Crippen molar-refractivity contribution in [2.45, 2.75) is 44.9 Å². The number of hydrogen-bond donors (Lipinski definition) is 0. The quantitative estimate of drug-likeness (QED) is 0.663. The summed E-state index contributed by atoms with van der Waals surface area (Å²) in [5.41, 5.74) is 3.49. The Bertz CT molecular complexity index is 805. The second-order valence-corrected chi connectivity index (χ2v) is 7.34. The average molecular weight is 370 g/mol. The summed E-state index contributed by atoms with van der Waals surface area (Å²) in [4.78, 5) is 5.57. The van der Waals surface area contributed by atoms with Gasteiger partial charge < -0.3 is 4.74 Å². The third-order valence-electron chi connectivity index (χ3n) is 4.60. The van der Waals surface area contributed by atoms with Crippen LogP contribution >= 0.6 is 11.3 Å². The molecule has 0 spiro atoms. The maximum Gasteiger partial charge on any atom is 0.206 e. The van der Waals surface area contributed by atoms with Crippen LogP contribution in [0.5, 0.6) is 5.75 Å². The van der Waals surface area contributed by atoms with Gasteiger partial charge in [0.1, 0.15) is 5.75 Å². The maximum atomic E-state index is 5.28. The lowest BCUT2D eigenvalue weighted by Crippen LogP contribution is -2.15. The summed E-state index contributed by atoms with van der Waals surface area (Å²) in [6.07, 6.45) is 10.5. The number of ether oxygens (including phenoxy) is 1. The molecule has 1 aromatic carbocycles. The summed E-state index contributed by atoms with van der Waals surface area (Å²) in [6.45, 7) is 4.38. The summed E-state index contributed by atoms with van der Waals surface area (Å²) >= 11 is 1.63. The second kappa shape index (κ2) is 9.53. The first kappa shape index (κ1) is 18.6. The molecule has 1 saturated carbocycles. The summed E-state index contributed by atoms with van der Waals surface area (Å²) in [5, 5.41) is 7.17. The minimum atomic E-state index is 0.605. The molecule has 0 atom stereocenters. The molecule has 0 unspecified atom stereocenters. The van der Waals surface area contributed by atoms with Crippen molar-refractivity contribution >= 4 is 17.0 Å². The first-order valence-corrected chi connectivity index (χ1v) is 10.2. The number of aromatic nitrogens is 1. The Morgan fingerprint density at radius 1 is 1.12 bits per heavy atom. The largest absolute Gasteiger partial charge is 0.497 e. The molecule has 26 heavy (non-hydrogen) atoms. The van der Waals surface area contributed by atoms with Gasteiger partial charge in [-0.3, -0.25) is 4.99 Å². The maximum absolute atomic E-state index is 5.28. The van der Waals surface area contributed by atoms with E-state index in [0.29, 0.717) is 6.54 Å². The molecule has 0 aliphatic heterocycles. The van der Waals surface area contributed by atoms with Crippen LogP contribution in [0.4, 0.5) is 0 Å². The Hall–Kier alpha value is -2.14. The van der Waals surface area contributed by atoms with E-state index in [9.17, 15) is 0 Å². The van der Waals surface area contributed by atoms with Crippen molar-refractivity contribution in [3.05, 3.63) is 47.1 Å². The van der Waals surface area contributed by atoms with E-state index in [0.717, 1.165) is 34.6 Å². The van der Waals surface area contributed by atoms with Crippen molar-refractivity contribution < 1.29 is 4.74 Å². The van der Waals surface area contributed by atoms with E-state index in [4.69, 9.17) is 9.84 Å². The minimum absolute atomic E-state index is 0.605. The van der Waals surface area contributed by atoms with E-state index >= 15 is 0 Å². The van der Waals surface area contributed by atoms with Crippen molar-refractivity contribution in [3.63, 3.8) is 0 Å². The highest BCUT2D eigenvalue weighted by atomic mass is 32.1. The normalized spacial score (nSPS) is 16.0. The van der Waals surface area contributed by atoms with E-state index in [1.165, 1.54) is 37.8 Å². The second-order valence-electron chi connectivity index (χ2n) is 6.51. The van der Waals surface area contributed by atoms with Crippen molar-refractivity contribution in [1.29, 1.82) is 0 Å². The molecule has 1 fully saturated rings. The van der Waals surface area contributed by atoms with Crippen LogP contribution in [-0.4, -0.2) is 24.0 Å². The lowest BCUT2D eigenvalue weighted by Gasteiger charge is -2.12. The lowest BCUT2D eigenvalue weighted by atomic mass is 9.99. The van der Waals surface area contributed by atoms with Gasteiger partial charge in [-0.1, -0.05) is 25.3 Å². The zero-order valence-electron chi connectivity index (χ0n) is 15.5. The third-order valence-corrected chi connectivity index (χ3v) is 5.45. The van der Waals surface area contributed by atoms with Crippen molar-refractivity contribution in [3.8, 4) is 17.0 Å². The van der Waals surface area contributed by atoms with Crippen LogP contribution in [0.25, 0.3) is 11.3 Å². The SMILES string of the molecule is C=CCN=c1scc(-c2ccc(OC)cc2)n1N=C1CCCCCCC1. The van der Waals surface area contributed by atoms with Gasteiger partial charge in [0.25, 0.3) is 0 Å². The van der Waals surface area contributed by atoms with Gasteiger partial charge in [0.2, 0.25) is 4.80 Å². The third kappa shape index (κ3) is 4.73. The first-order valence-electron chi connectivity index (χ1n) is 9.35. The number of hydrogen-bond acceptors (Lipinski definition) is 4. The Kier molecular flexibility index (Phi) is 6.83. The molecule has 2 aromatic rings. The molecule has 3 rings (SSSR count). The molecule has 0 radical (unpaired) electrons. The molecular weight excluding hydrogens is 342 g/mol. The smallest absolute Gasteiger partial charge is 0.206 e. The van der Waals surface area contributed by atoms with Crippen molar-refractivity contribution in [2.75, 3.05) is 13.7 Å². The van der Waals surface area contributed by atoms with Gasteiger partial charge in [-0.2, -0.15) is 5.10 Å². The monoisotopic (exact) mass is 369 g/mol. The summed E-state index contributed by atoms with van der Waals surface area (Å²) in [5.74, 6) is 0.860. The lowest BCUT2D eigenvalue weighted by molar-refractivity contribution is 0.415. The Labute approximate surface area is 159 Å². The molecule has 5 heteroatoms. The fourth-order valence-electron chi connectivity index (χ4n) is 3.16. The number of methoxy groups -OCH3 is 1. The zero-order valence-corrected chi connectivity index (χ0v) is 16.3. The van der Waals surface area contributed by atoms with Crippen LogP contribution in [0, 0.1) is 0 Å². The number of nitrogens with zero attached hydrogens (tertiary/aromatic N) is 3. The summed E-state index contributed by atoms with van der Waals surface area (Å²) in [6, 6.07) is 8.13. The van der Waals surface area contributed by atoms with Gasteiger partial charge in [0, 0.05) is 16.7 Å². The van der Waals surface area contributed by atoms with Gasteiger partial charge in [-0.25, -0.2) is 4.68 Å². The van der Waals surface area contributed by atoms with Crippen molar-refractivity contribution in [2.24, 2.45) is 10.1 Å². The molecule has 1 heterocycles. The average Bonchev–Trinajstić information content (AvgIpc) is 3.04. The zero-order chi connectivity index (χ0) is 18.2. The number of rotatable bonds is 5. The molecule has 1 aromatic heterocycles. The van der Waals surface area contributed by atoms with Crippen LogP contribution in [0.3, 0.4) is 0 Å². The standard InChI is InChI=1S/C21H27N3OS/c1-3-15-22-21-24(23-18-9-7-5-4-6-8-10-18)20(16-26-21)17-11-13-19(25-2)14-12-17/h3,11-14,16H,1,4-10,15H2,2H3. The fraction of sp³-hybridized carbons (Fsp3) is 0.429. The summed E-state index contributed by atoms with van der Waals surface area (Å²) < 4.78 is 7.30. The van der Waals surface area contributed by atoms with E-state index in [1.54, 1.807) is 18.4 Å². The van der Waals surface area contributed by atoms with E-state index in [2.05, 4.69) is 29.1 Å². The van der Waals surface area contributed by atoms with Crippen LogP contribution in [0.2, 0.25) is 0 Å². The van der Waals surface area contributed by atoms with Gasteiger partial charge in [-0.15, -0.1) is 17.9 Å². The van der Waals surface area contributed by atoms with Crippen LogP contribution in [0.15, 0.2) is 52.4 Å². The molecule has 4 nitrogen and oxygen atoms in total. The van der Waals surface area contributed by atoms with Crippen molar-refractivity contribution in [1.82, 2.24) is 4.68 Å². The molecular formula is C21H27N3OS. The molecule has 0 saturated heterocycles. The molecule has 0 amide bonds. The fourth-order valence-corrected chi connectivity index (χ4v) is 4.00. The molecule has 0 N–H and O–H groups in total. The Morgan fingerprint density at radius 2 is 1.81 bits per heavy atom.